The van der Waals surface area contributed by atoms with Crippen LogP contribution in [0.25, 0.3) is 0 Å². The highest BCUT2D eigenvalue weighted by atomic mass is 127. The highest BCUT2D eigenvalue weighted by Gasteiger charge is 2.21. The third-order valence-electron chi connectivity index (χ3n) is 5.31. The Morgan fingerprint density at radius 1 is 1.23 bits per heavy atom. The quantitative estimate of drug-likeness (QED) is 0.293. The van der Waals surface area contributed by atoms with Crippen LogP contribution in [0.3, 0.4) is 0 Å². The minimum absolute atomic E-state index is 0. The van der Waals surface area contributed by atoms with E-state index in [-0.39, 0.29) is 29.4 Å². The molecule has 1 aliphatic rings. The van der Waals surface area contributed by atoms with E-state index in [0.29, 0.717) is 12.5 Å². The Labute approximate surface area is 196 Å². The molecule has 1 unspecified atom stereocenters. The summed E-state index contributed by atoms with van der Waals surface area (Å²) in [5, 5.41) is 6.93. The summed E-state index contributed by atoms with van der Waals surface area (Å²) >= 11 is 0. The van der Waals surface area contributed by atoms with Gasteiger partial charge in [0.25, 0.3) is 0 Å². The van der Waals surface area contributed by atoms with Gasteiger partial charge in [-0.3, -0.25) is 4.99 Å². The Hall–Kier alpha value is -1.74. The van der Waals surface area contributed by atoms with Gasteiger partial charge in [-0.1, -0.05) is 26.0 Å². The number of benzene rings is 1. The van der Waals surface area contributed by atoms with Crippen LogP contribution in [0.2, 0.25) is 0 Å². The molecule has 0 saturated carbocycles. The lowest BCUT2D eigenvalue weighted by Gasteiger charge is -2.24. The van der Waals surface area contributed by atoms with Gasteiger partial charge in [-0.15, -0.1) is 24.0 Å². The topological polar surface area (TPSA) is 68.0 Å². The van der Waals surface area contributed by atoms with Crippen LogP contribution in [-0.2, 0) is 16.6 Å². The first-order valence-electron chi connectivity index (χ1n) is 10.3. The number of methoxy groups -OCH3 is 1. The van der Waals surface area contributed by atoms with Crippen molar-refractivity contribution in [3.8, 4) is 5.75 Å². The fourth-order valence-electron chi connectivity index (χ4n) is 3.33. The molecule has 1 fully saturated rings. The summed E-state index contributed by atoms with van der Waals surface area (Å²) in [5.74, 6) is 3.21. The second-order valence-electron chi connectivity index (χ2n) is 8.15. The van der Waals surface area contributed by atoms with Crippen molar-refractivity contribution >= 4 is 29.9 Å². The average molecular weight is 527 g/mol. The lowest BCUT2D eigenvalue weighted by atomic mass is 9.85. The Balaban J connectivity index is 0.00000320. The number of guanidine groups is 1. The monoisotopic (exact) mass is 527 g/mol. The minimum atomic E-state index is -0.110. The van der Waals surface area contributed by atoms with Gasteiger partial charge < -0.3 is 24.5 Å². The largest absolute Gasteiger partial charge is 0.497 e. The van der Waals surface area contributed by atoms with Crippen LogP contribution in [0.5, 0.6) is 5.75 Å². The van der Waals surface area contributed by atoms with E-state index in [0.717, 1.165) is 56.6 Å². The summed E-state index contributed by atoms with van der Waals surface area (Å²) in [6.45, 7) is 8.38. The first-order chi connectivity index (χ1) is 14.1. The lowest BCUT2D eigenvalue weighted by Crippen LogP contribution is -2.41. The molecule has 2 N–H and O–H groups in total. The lowest BCUT2D eigenvalue weighted by molar-refractivity contribution is 0.186. The molecule has 0 radical (unpaired) electrons. The number of hydrogen-bond acceptors (Lipinski definition) is 4. The molecule has 3 rings (SSSR count). The molecular weight excluding hydrogens is 493 g/mol. The maximum atomic E-state index is 5.49. The van der Waals surface area contributed by atoms with Gasteiger partial charge in [0.2, 0.25) is 0 Å². The van der Waals surface area contributed by atoms with E-state index in [9.17, 15) is 0 Å². The van der Waals surface area contributed by atoms with E-state index in [4.69, 9.17) is 18.9 Å². The van der Waals surface area contributed by atoms with E-state index in [1.165, 1.54) is 5.56 Å². The first-order valence-corrected chi connectivity index (χ1v) is 10.3. The van der Waals surface area contributed by atoms with Gasteiger partial charge in [0.05, 0.1) is 26.5 Å². The van der Waals surface area contributed by atoms with Crippen LogP contribution in [0.15, 0.2) is 52.1 Å². The van der Waals surface area contributed by atoms with Gasteiger partial charge in [0.15, 0.2) is 5.96 Å². The van der Waals surface area contributed by atoms with Crippen LogP contribution in [0, 0.1) is 5.92 Å². The van der Waals surface area contributed by atoms with E-state index in [1.54, 1.807) is 13.4 Å². The molecule has 1 aromatic heterocycles. The van der Waals surface area contributed by atoms with Crippen molar-refractivity contribution in [2.75, 3.05) is 40.0 Å². The molecule has 30 heavy (non-hydrogen) atoms. The van der Waals surface area contributed by atoms with Gasteiger partial charge >= 0.3 is 0 Å². The molecule has 2 heterocycles. The van der Waals surface area contributed by atoms with Crippen LogP contribution in [0.4, 0.5) is 0 Å². The molecule has 0 bridgehead atoms. The molecule has 1 saturated heterocycles. The maximum absolute atomic E-state index is 5.49. The van der Waals surface area contributed by atoms with Crippen molar-refractivity contribution in [3.63, 3.8) is 0 Å². The highest BCUT2D eigenvalue weighted by Crippen LogP contribution is 2.26. The zero-order valence-electron chi connectivity index (χ0n) is 18.1. The van der Waals surface area contributed by atoms with Crippen molar-refractivity contribution in [3.05, 3.63) is 54.0 Å². The third-order valence-corrected chi connectivity index (χ3v) is 5.31. The fourth-order valence-corrected chi connectivity index (χ4v) is 3.33. The van der Waals surface area contributed by atoms with Gasteiger partial charge in [-0.25, -0.2) is 0 Å². The summed E-state index contributed by atoms with van der Waals surface area (Å²) in [6, 6.07) is 12.1. The molecule has 7 heteroatoms. The third kappa shape index (κ3) is 7.50. The molecule has 0 spiro atoms. The van der Waals surface area contributed by atoms with E-state index >= 15 is 0 Å². The van der Waals surface area contributed by atoms with Gasteiger partial charge in [0.1, 0.15) is 11.5 Å². The molecule has 2 aromatic rings. The Kier molecular flexibility index (Phi) is 9.97. The van der Waals surface area contributed by atoms with Crippen LogP contribution in [0.1, 0.15) is 31.6 Å². The van der Waals surface area contributed by atoms with Crippen molar-refractivity contribution in [2.45, 2.75) is 32.1 Å². The van der Waals surface area contributed by atoms with Gasteiger partial charge in [0, 0.05) is 37.5 Å². The van der Waals surface area contributed by atoms with E-state index < -0.39 is 0 Å². The summed E-state index contributed by atoms with van der Waals surface area (Å²) in [6.07, 6.45) is 3.63. The van der Waals surface area contributed by atoms with Gasteiger partial charge in [-0.05, 0) is 36.2 Å². The summed E-state index contributed by atoms with van der Waals surface area (Å²) < 4.78 is 16.3. The number of halogens is 1. The Morgan fingerprint density at radius 3 is 2.80 bits per heavy atom. The predicted molar refractivity (Wildman–Crippen MR) is 131 cm³/mol. The SMILES string of the molecule is COc1cccc(C(C)(C)CN=C(NCCc2ccco2)NCC2CCOC2)c1.I. The second-order valence-corrected chi connectivity index (χ2v) is 8.15. The maximum Gasteiger partial charge on any atom is 0.191 e. The molecule has 6 nitrogen and oxygen atoms in total. The number of ether oxygens (including phenoxy) is 2. The fraction of sp³-hybridized carbons (Fsp3) is 0.522. The minimum Gasteiger partial charge on any atom is -0.497 e. The smallest absolute Gasteiger partial charge is 0.191 e. The zero-order valence-corrected chi connectivity index (χ0v) is 20.5. The summed E-state index contributed by atoms with van der Waals surface area (Å²) in [7, 11) is 1.70. The van der Waals surface area contributed by atoms with E-state index in [1.807, 2.05) is 24.3 Å². The second kappa shape index (κ2) is 12.2. The van der Waals surface area contributed by atoms with Crippen LogP contribution in [-0.4, -0.2) is 45.9 Å². The van der Waals surface area contributed by atoms with Crippen LogP contribution >= 0.6 is 24.0 Å². The van der Waals surface area contributed by atoms with Crippen molar-refractivity contribution < 1.29 is 13.9 Å². The Morgan fingerprint density at radius 2 is 2.10 bits per heavy atom. The standard InChI is InChI=1S/C23H33N3O3.HI/c1-23(2,19-6-4-7-21(14-19)27-3)17-26-22(25-15-18-10-13-28-16-18)24-11-9-20-8-5-12-29-20;/h4-8,12,14,18H,9-11,13,15-17H2,1-3H3,(H2,24,25,26);1H. The molecule has 166 valence electrons. The summed E-state index contributed by atoms with van der Waals surface area (Å²) in [5.41, 5.74) is 1.10. The predicted octanol–water partition coefficient (Wildman–Crippen LogP) is 4.00. The molecule has 0 amide bonds. The first kappa shape index (κ1) is 24.5. The van der Waals surface area contributed by atoms with Crippen molar-refractivity contribution in [2.24, 2.45) is 10.9 Å². The normalized spacial score (nSPS) is 16.8. The van der Waals surface area contributed by atoms with E-state index in [2.05, 4.69) is 36.6 Å². The number of rotatable bonds is 9. The molecule has 1 atom stereocenters. The summed E-state index contributed by atoms with van der Waals surface area (Å²) in [4.78, 5) is 4.89. The van der Waals surface area contributed by atoms with Gasteiger partial charge in [-0.2, -0.15) is 0 Å². The van der Waals surface area contributed by atoms with Crippen LogP contribution < -0.4 is 15.4 Å². The number of hydrogen-bond donors (Lipinski definition) is 2. The molecule has 1 aliphatic heterocycles. The number of nitrogens with zero attached hydrogens (tertiary/aromatic N) is 1. The van der Waals surface area contributed by atoms with Crippen molar-refractivity contribution in [1.82, 2.24) is 10.6 Å². The molecular formula is C23H34IN3O3. The Bertz CT molecular complexity index is 772. The number of furan rings is 1. The van der Waals surface area contributed by atoms with Crippen molar-refractivity contribution in [1.29, 1.82) is 0 Å². The number of nitrogens with one attached hydrogen (secondary N) is 2. The number of aliphatic imine (C=N–C) groups is 1. The highest BCUT2D eigenvalue weighted by molar-refractivity contribution is 14.0. The molecule has 1 aromatic carbocycles. The molecule has 0 aliphatic carbocycles. The zero-order chi connectivity index (χ0) is 20.5. The average Bonchev–Trinajstić information content (AvgIpc) is 3.44.